The van der Waals surface area contributed by atoms with Gasteiger partial charge in [-0.15, -0.1) is 0 Å². The monoisotopic (exact) mass is 439 g/mol. The molecule has 1 amide bonds. The molecule has 0 bridgehead atoms. The molecule has 2 aliphatic rings. The number of benzene rings is 1. The Hall–Kier alpha value is -2.54. The van der Waals surface area contributed by atoms with Gasteiger partial charge in [0.05, 0.1) is 12.2 Å². The van der Waals surface area contributed by atoms with Crippen LogP contribution in [0.15, 0.2) is 30.5 Å². The van der Waals surface area contributed by atoms with Gasteiger partial charge >= 0.3 is 0 Å². The molecular formula is C25H34FN5O. The van der Waals surface area contributed by atoms with Gasteiger partial charge in [0.25, 0.3) is 0 Å². The molecule has 1 unspecified atom stereocenters. The number of piperidine rings is 2. The van der Waals surface area contributed by atoms with Crippen molar-refractivity contribution in [2.24, 2.45) is 5.92 Å². The molecule has 1 aromatic carbocycles. The molecule has 32 heavy (non-hydrogen) atoms. The van der Waals surface area contributed by atoms with Crippen LogP contribution >= 0.6 is 0 Å². The van der Waals surface area contributed by atoms with Gasteiger partial charge in [-0.1, -0.05) is 25.1 Å². The van der Waals surface area contributed by atoms with Gasteiger partial charge in [-0.2, -0.15) is 0 Å². The second kappa shape index (κ2) is 9.94. The Bertz CT molecular complexity index is 942. The van der Waals surface area contributed by atoms with E-state index in [1.54, 1.807) is 18.3 Å². The lowest BCUT2D eigenvalue weighted by molar-refractivity contribution is -0.134. The van der Waals surface area contributed by atoms with Crippen molar-refractivity contribution in [3.05, 3.63) is 42.0 Å². The predicted octanol–water partition coefficient (Wildman–Crippen LogP) is 3.79. The van der Waals surface area contributed by atoms with Crippen LogP contribution in [0.1, 0.15) is 44.2 Å². The minimum atomic E-state index is -0.280. The number of amides is 1. The first-order valence-electron chi connectivity index (χ1n) is 11.7. The maximum atomic E-state index is 14.6. The van der Waals surface area contributed by atoms with Crippen LogP contribution in [0.5, 0.6) is 0 Å². The molecule has 0 N–H and O–H groups in total. The van der Waals surface area contributed by atoms with Crippen molar-refractivity contribution < 1.29 is 9.18 Å². The molecule has 2 aliphatic heterocycles. The number of hydrogen-bond donors (Lipinski definition) is 0. The Balaban J connectivity index is 1.56. The van der Waals surface area contributed by atoms with Crippen molar-refractivity contribution in [2.75, 3.05) is 51.7 Å². The average Bonchev–Trinajstić information content (AvgIpc) is 2.80. The van der Waals surface area contributed by atoms with Gasteiger partial charge in [0.15, 0.2) is 0 Å². The number of carbonyl (C=O) groups is 1. The van der Waals surface area contributed by atoms with Crippen molar-refractivity contribution in [2.45, 2.75) is 38.5 Å². The summed E-state index contributed by atoms with van der Waals surface area (Å²) in [5.41, 5.74) is 2.06. The van der Waals surface area contributed by atoms with Gasteiger partial charge in [-0.05, 0) is 50.8 Å². The lowest BCUT2D eigenvalue weighted by atomic mass is 9.89. The van der Waals surface area contributed by atoms with Crippen LogP contribution in [0.3, 0.4) is 0 Å². The van der Waals surface area contributed by atoms with Crippen molar-refractivity contribution in [1.29, 1.82) is 0 Å². The molecule has 6 nitrogen and oxygen atoms in total. The third-order valence-electron chi connectivity index (χ3n) is 6.77. The molecule has 0 radical (unpaired) electrons. The molecule has 7 heteroatoms. The van der Waals surface area contributed by atoms with Gasteiger partial charge in [-0.3, -0.25) is 9.69 Å². The van der Waals surface area contributed by atoms with Crippen molar-refractivity contribution >= 4 is 11.9 Å². The van der Waals surface area contributed by atoms with E-state index in [-0.39, 0.29) is 17.6 Å². The van der Waals surface area contributed by atoms with Gasteiger partial charge in [0, 0.05) is 50.4 Å². The molecular weight excluding hydrogens is 405 g/mol. The highest BCUT2D eigenvalue weighted by molar-refractivity contribution is 5.78. The van der Waals surface area contributed by atoms with E-state index in [2.05, 4.69) is 16.8 Å². The fourth-order valence-electron chi connectivity index (χ4n) is 4.74. The fraction of sp³-hybridized carbons (Fsp3) is 0.560. The van der Waals surface area contributed by atoms with E-state index in [1.165, 1.54) is 6.07 Å². The molecule has 0 spiro atoms. The molecule has 3 heterocycles. The summed E-state index contributed by atoms with van der Waals surface area (Å²) in [6.45, 7) is 6.17. The molecule has 0 aliphatic carbocycles. The zero-order chi connectivity index (χ0) is 22.7. The molecule has 1 atom stereocenters. The topological polar surface area (TPSA) is 52.6 Å². The number of carbonyl (C=O) groups excluding carboxylic acids is 1. The van der Waals surface area contributed by atoms with Crippen LogP contribution in [0.25, 0.3) is 11.1 Å². The molecule has 2 saturated heterocycles. The molecule has 172 valence electrons. The Morgan fingerprint density at radius 1 is 1.12 bits per heavy atom. The first-order valence-corrected chi connectivity index (χ1v) is 11.7. The summed E-state index contributed by atoms with van der Waals surface area (Å²) in [7, 11) is 3.80. The van der Waals surface area contributed by atoms with Crippen LogP contribution in [0, 0.1) is 11.7 Å². The third kappa shape index (κ3) is 5.09. The van der Waals surface area contributed by atoms with Crippen molar-refractivity contribution in [1.82, 2.24) is 19.8 Å². The number of hydrogen-bond acceptors (Lipinski definition) is 5. The van der Waals surface area contributed by atoms with Gasteiger partial charge in [0.1, 0.15) is 5.82 Å². The summed E-state index contributed by atoms with van der Waals surface area (Å²) in [6, 6.07) is 6.76. The maximum absolute atomic E-state index is 14.6. The first-order chi connectivity index (χ1) is 15.4. The number of aromatic nitrogens is 2. The quantitative estimate of drug-likeness (QED) is 0.710. The Morgan fingerprint density at radius 2 is 1.88 bits per heavy atom. The summed E-state index contributed by atoms with van der Waals surface area (Å²) >= 11 is 0. The number of likely N-dealkylation sites (tertiary alicyclic amines) is 2. The molecule has 1 aromatic heterocycles. The standard InChI is InChI=1S/C25H34FN5O/c1-18-10-13-30(14-11-18)17-23(32)31-12-6-7-19(16-31)24-21(15-27-25(28-24)29(2)3)20-8-4-5-9-22(20)26/h4-5,8-9,15,18-19H,6-7,10-14,16-17H2,1-3H3. The van der Waals surface area contributed by atoms with E-state index >= 15 is 0 Å². The SMILES string of the molecule is CC1CCN(CC(=O)N2CCCC(c3nc(N(C)C)ncc3-c3ccccc3F)C2)CC1. The first kappa shape index (κ1) is 22.6. The summed E-state index contributed by atoms with van der Waals surface area (Å²) in [5, 5.41) is 0. The summed E-state index contributed by atoms with van der Waals surface area (Å²) in [5.74, 6) is 1.33. The number of rotatable bonds is 5. The van der Waals surface area contributed by atoms with Gasteiger partial charge < -0.3 is 9.80 Å². The smallest absolute Gasteiger partial charge is 0.236 e. The zero-order valence-electron chi connectivity index (χ0n) is 19.4. The number of anilines is 1. The second-order valence-corrected chi connectivity index (χ2v) is 9.48. The summed E-state index contributed by atoms with van der Waals surface area (Å²) < 4.78 is 14.6. The Morgan fingerprint density at radius 3 is 2.59 bits per heavy atom. The predicted molar refractivity (Wildman–Crippen MR) is 125 cm³/mol. The van der Waals surface area contributed by atoms with E-state index in [9.17, 15) is 9.18 Å². The zero-order valence-corrected chi connectivity index (χ0v) is 19.4. The molecule has 2 fully saturated rings. The number of halogens is 1. The van der Waals surface area contributed by atoms with Crippen LogP contribution < -0.4 is 4.90 Å². The highest BCUT2D eigenvalue weighted by Crippen LogP contribution is 2.35. The minimum Gasteiger partial charge on any atom is -0.347 e. The number of nitrogens with zero attached hydrogens (tertiary/aromatic N) is 5. The summed E-state index contributed by atoms with van der Waals surface area (Å²) in [6.07, 6.45) is 5.90. The van der Waals surface area contributed by atoms with E-state index in [1.807, 2.05) is 30.0 Å². The molecule has 2 aromatic rings. The van der Waals surface area contributed by atoms with Gasteiger partial charge in [-0.25, -0.2) is 14.4 Å². The third-order valence-corrected chi connectivity index (χ3v) is 6.77. The lowest BCUT2D eigenvalue weighted by Crippen LogP contribution is -2.46. The van der Waals surface area contributed by atoms with E-state index < -0.39 is 0 Å². The fourth-order valence-corrected chi connectivity index (χ4v) is 4.74. The maximum Gasteiger partial charge on any atom is 0.236 e. The van der Waals surface area contributed by atoms with Crippen LogP contribution in [-0.4, -0.2) is 72.5 Å². The highest BCUT2D eigenvalue weighted by atomic mass is 19.1. The molecule has 4 rings (SSSR count). The van der Waals surface area contributed by atoms with Crippen LogP contribution in [0.4, 0.5) is 10.3 Å². The van der Waals surface area contributed by atoms with E-state index in [4.69, 9.17) is 4.98 Å². The normalized spacial score (nSPS) is 20.4. The van der Waals surface area contributed by atoms with Gasteiger partial charge in [0.2, 0.25) is 11.9 Å². The second-order valence-electron chi connectivity index (χ2n) is 9.48. The van der Waals surface area contributed by atoms with E-state index in [0.29, 0.717) is 24.6 Å². The highest BCUT2D eigenvalue weighted by Gasteiger charge is 2.30. The van der Waals surface area contributed by atoms with Crippen molar-refractivity contribution in [3.63, 3.8) is 0 Å². The van der Waals surface area contributed by atoms with Crippen LogP contribution in [0.2, 0.25) is 0 Å². The molecule has 0 saturated carbocycles. The lowest BCUT2D eigenvalue weighted by Gasteiger charge is -2.36. The Labute approximate surface area is 190 Å². The Kier molecular flexibility index (Phi) is 7.04. The van der Waals surface area contributed by atoms with E-state index in [0.717, 1.165) is 62.5 Å². The largest absolute Gasteiger partial charge is 0.347 e. The van der Waals surface area contributed by atoms with Crippen LogP contribution in [-0.2, 0) is 4.79 Å². The average molecular weight is 440 g/mol. The minimum absolute atomic E-state index is 0.0605. The summed E-state index contributed by atoms with van der Waals surface area (Å²) in [4.78, 5) is 28.5. The van der Waals surface area contributed by atoms with Crippen molar-refractivity contribution in [3.8, 4) is 11.1 Å².